The highest BCUT2D eigenvalue weighted by atomic mass is 35.5. The minimum Gasteiger partial charge on any atom is -0.452 e. The van der Waals surface area contributed by atoms with E-state index < -0.39 is 12.6 Å². The summed E-state index contributed by atoms with van der Waals surface area (Å²) in [6, 6.07) is 9.87. The van der Waals surface area contributed by atoms with Crippen LogP contribution in [0.25, 0.3) is 0 Å². The van der Waals surface area contributed by atoms with Gasteiger partial charge in [0.1, 0.15) is 10.7 Å². The van der Waals surface area contributed by atoms with E-state index >= 15 is 0 Å². The van der Waals surface area contributed by atoms with Crippen LogP contribution in [0.4, 0.5) is 0 Å². The van der Waals surface area contributed by atoms with Crippen LogP contribution in [0.3, 0.4) is 0 Å². The molecule has 0 bridgehead atoms. The van der Waals surface area contributed by atoms with Gasteiger partial charge in [-0.15, -0.1) is 0 Å². The Bertz CT molecular complexity index is 868. The molecule has 0 saturated carbocycles. The Hall–Kier alpha value is -2.85. The molecule has 0 aliphatic heterocycles. The van der Waals surface area contributed by atoms with Crippen molar-refractivity contribution in [1.82, 2.24) is 14.7 Å². The highest BCUT2D eigenvalue weighted by Crippen LogP contribution is 2.22. The SMILES string of the molecule is Cc1ccc(Cn2nc(C)c(C(=O)OCC(=O)N(C)CCC#N)c2Cl)cc1. The predicted molar refractivity (Wildman–Crippen MR) is 100 cm³/mol. The number of nitriles is 1. The second-order valence-electron chi connectivity index (χ2n) is 6.19. The van der Waals surface area contributed by atoms with Gasteiger partial charge in [0.05, 0.1) is 24.7 Å². The van der Waals surface area contributed by atoms with Crippen LogP contribution in [0.1, 0.15) is 33.6 Å². The third kappa shape index (κ3) is 5.31. The molecule has 0 N–H and O–H groups in total. The van der Waals surface area contributed by atoms with Crippen LogP contribution < -0.4 is 0 Å². The fourth-order valence-corrected chi connectivity index (χ4v) is 2.72. The maximum atomic E-state index is 12.4. The van der Waals surface area contributed by atoms with Gasteiger partial charge in [0.15, 0.2) is 6.61 Å². The number of nitrogens with zero attached hydrogens (tertiary/aromatic N) is 4. The average Bonchev–Trinajstić information content (AvgIpc) is 2.92. The summed E-state index contributed by atoms with van der Waals surface area (Å²) in [7, 11) is 1.55. The largest absolute Gasteiger partial charge is 0.452 e. The average molecular weight is 389 g/mol. The van der Waals surface area contributed by atoms with Crippen molar-refractivity contribution in [1.29, 1.82) is 5.26 Å². The lowest BCUT2D eigenvalue weighted by Crippen LogP contribution is -2.32. The molecule has 0 fully saturated rings. The fraction of sp³-hybridized carbons (Fsp3) is 0.368. The second-order valence-corrected chi connectivity index (χ2v) is 6.55. The van der Waals surface area contributed by atoms with Crippen molar-refractivity contribution < 1.29 is 14.3 Å². The molecule has 27 heavy (non-hydrogen) atoms. The van der Waals surface area contributed by atoms with E-state index in [1.54, 1.807) is 14.0 Å². The molecule has 0 saturated heterocycles. The van der Waals surface area contributed by atoms with Crippen molar-refractivity contribution in [2.24, 2.45) is 0 Å². The summed E-state index contributed by atoms with van der Waals surface area (Å²) in [5.74, 6) is -1.09. The first-order valence-corrected chi connectivity index (χ1v) is 8.77. The Morgan fingerprint density at radius 3 is 2.59 bits per heavy atom. The molecule has 2 rings (SSSR count). The molecule has 1 amide bonds. The molecule has 2 aromatic rings. The summed E-state index contributed by atoms with van der Waals surface area (Å²) in [6.45, 7) is 3.95. The van der Waals surface area contributed by atoms with Crippen molar-refractivity contribution >= 4 is 23.5 Å². The highest BCUT2D eigenvalue weighted by Gasteiger charge is 2.23. The van der Waals surface area contributed by atoms with Crippen molar-refractivity contribution in [2.75, 3.05) is 20.2 Å². The third-order valence-corrected chi connectivity index (χ3v) is 4.42. The molecular formula is C19H21ClN4O3. The summed E-state index contributed by atoms with van der Waals surface area (Å²) in [4.78, 5) is 25.6. The number of carbonyl (C=O) groups excluding carboxylic acids is 2. The van der Waals surface area contributed by atoms with Crippen molar-refractivity contribution in [3.8, 4) is 6.07 Å². The second kappa shape index (κ2) is 9.19. The monoisotopic (exact) mass is 388 g/mol. The number of carbonyl (C=O) groups is 2. The van der Waals surface area contributed by atoms with Gasteiger partial charge in [-0.3, -0.25) is 4.79 Å². The Morgan fingerprint density at radius 1 is 1.30 bits per heavy atom. The standard InChI is InChI=1S/C19H21ClN4O3/c1-13-5-7-15(8-6-13)11-24-18(20)17(14(2)22-24)19(26)27-12-16(25)23(3)10-4-9-21/h5-8H,4,10-12H2,1-3H3. The van der Waals surface area contributed by atoms with Gasteiger partial charge in [0.2, 0.25) is 0 Å². The van der Waals surface area contributed by atoms with Gasteiger partial charge in [0.25, 0.3) is 5.91 Å². The molecule has 0 atom stereocenters. The maximum Gasteiger partial charge on any atom is 0.343 e. The summed E-state index contributed by atoms with van der Waals surface area (Å²) >= 11 is 6.32. The van der Waals surface area contributed by atoms with Crippen LogP contribution in [0.2, 0.25) is 5.15 Å². The third-order valence-electron chi connectivity index (χ3n) is 4.03. The molecule has 0 aliphatic carbocycles. The van der Waals surface area contributed by atoms with Gasteiger partial charge in [-0.05, 0) is 19.4 Å². The minimum absolute atomic E-state index is 0.149. The smallest absolute Gasteiger partial charge is 0.343 e. The number of halogens is 1. The molecule has 0 radical (unpaired) electrons. The van der Waals surface area contributed by atoms with Crippen molar-refractivity contribution in [3.63, 3.8) is 0 Å². The fourth-order valence-electron chi connectivity index (χ4n) is 2.41. The van der Waals surface area contributed by atoms with Crippen LogP contribution in [-0.2, 0) is 16.1 Å². The molecule has 7 nitrogen and oxygen atoms in total. The zero-order valence-electron chi connectivity index (χ0n) is 15.5. The summed E-state index contributed by atoms with van der Waals surface area (Å²) in [6.07, 6.45) is 0.215. The molecule has 0 aliphatic rings. The minimum atomic E-state index is -0.699. The van der Waals surface area contributed by atoms with E-state index in [2.05, 4.69) is 5.10 Å². The van der Waals surface area contributed by atoms with E-state index in [9.17, 15) is 9.59 Å². The molecule has 0 unspecified atom stereocenters. The predicted octanol–water partition coefficient (Wildman–Crippen LogP) is 2.73. The Balaban J connectivity index is 2.04. The lowest BCUT2D eigenvalue weighted by Gasteiger charge is -2.15. The van der Waals surface area contributed by atoms with Crippen LogP contribution in [0.5, 0.6) is 0 Å². The molecule has 0 spiro atoms. The van der Waals surface area contributed by atoms with Gasteiger partial charge >= 0.3 is 5.97 Å². The number of rotatable bonds is 7. The number of aryl methyl sites for hydroxylation is 2. The van der Waals surface area contributed by atoms with Gasteiger partial charge in [-0.25, -0.2) is 9.48 Å². The number of likely N-dealkylation sites (N-methyl/N-ethyl adjacent to an activating group) is 1. The lowest BCUT2D eigenvalue weighted by molar-refractivity contribution is -0.133. The Morgan fingerprint density at radius 2 is 1.96 bits per heavy atom. The van der Waals surface area contributed by atoms with Crippen LogP contribution in [0.15, 0.2) is 24.3 Å². The van der Waals surface area contributed by atoms with Gasteiger partial charge < -0.3 is 9.64 Å². The molecule has 142 valence electrons. The topological polar surface area (TPSA) is 88.2 Å². The van der Waals surface area contributed by atoms with E-state index in [0.29, 0.717) is 12.2 Å². The zero-order valence-corrected chi connectivity index (χ0v) is 16.3. The van der Waals surface area contributed by atoms with E-state index in [0.717, 1.165) is 11.1 Å². The van der Waals surface area contributed by atoms with Crippen LogP contribution in [0, 0.1) is 25.2 Å². The summed E-state index contributed by atoms with van der Waals surface area (Å²) in [5.41, 5.74) is 2.73. The normalized spacial score (nSPS) is 10.3. The zero-order chi connectivity index (χ0) is 20.0. The number of benzene rings is 1. The maximum absolute atomic E-state index is 12.4. The van der Waals surface area contributed by atoms with Gasteiger partial charge in [-0.2, -0.15) is 10.4 Å². The van der Waals surface area contributed by atoms with E-state index in [-0.39, 0.29) is 29.6 Å². The molecule has 1 aromatic carbocycles. The number of ether oxygens (including phenoxy) is 1. The molecule has 1 heterocycles. The van der Waals surface area contributed by atoms with Crippen LogP contribution >= 0.6 is 11.6 Å². The Labute approximate surface area is 163 Å². The van der Waals surface area contributed by atoms with E-state index in [1.165, 1.54) is 9.58 Å². The first-order valence-electron chi connectivity index (χ1n) is 8.40. The van der Waals surface area contributed by atoms with Crippen molar-refractivity contribution in [2.45, 2.75) is 26.8 Å². The number of hydrogen-bond donors (Lipinski definition) is 0. The highest BCUT2D eigenvalue weighted by molar-refractivity contribution is 6.32. The lowest BCUT2D eigenvalue weighted by atomic mass is 10.1. The quantitative estimate of drug-likeness (QED) is 0.680. The van der Waals surface area contributed by atoms with Gasteiger partial charge in [0, 0.05) is 13.6 Å². The summed E-state index contributed by atoms with van der Waals surface area (Å²) in [5, 5.41) is 13.0. The number of hydrogen-bond acceptors (Lipinski definition) is 5. The van der Waals surface area contributed by atoms with E-state index in [4.69, 9.17) is 21.6 Å². The number of aromatic nitrogens is 2. The van der Waals surface area contributed by atoms with Gasteiger partial charge in [-0.1, -0.05) is 41.4 Å². The first-order chi connectivity index (χ1) is 12.8. The summed E-state index contributed by atoms with van der Waals surface area (Å²) < 4.78 is 6.61. The molecule has 1 aromatic heterocycles. The molecular weight excluding hydrogens is 368 g/mol. The first kappa shape index (κ1) is 20.5. The van der Waals surface area contributed by atoms with Crippen molar-refractivity contribution in [3.05, 3.63) is 51.8 Å². The van der Waals surface area contributed by atoms with E-state index in [1.807, 2.05) is 37.3 Å². The number of esters is 1. The molecule has 8 heteroatoms. The van der Waals surface area contributed by atoms with Crippen LogP contribution in [-0.4, -0.2) is 46.8 Å². The number of amides is 1. The Kier molecular flexibility index (Phi) is 6.97.